The molecule has 0 aliphatic carbocycles. The van der Waals surface area contributed by atoms with Gasteiger partial charge in [-0.05, 0) is 35.7 Å². The Morgan fingerprint density at radius 1 is 1.25 bits per heavy atom. The average Bonchev–Trinajstić information content (AvgIpc) is 2.92. The zero-order valence-electron chi connectivity index (χ0n) is 11.1. The predicted molar refractivity (Wildman–Crippen MR) is 81.5 cm³/mol. The highest BCUT2D eigenvalue weighted by Gasteiger charge is 2.07. The highest BCUT2D eigenvalue weighted by molar-refractivity contribution is 7.10. The zero-order chi connectivity index (χ0) is 14.4. The highest BCUT2D eigenvalue weighted by Crippen LogP contribution is 2.21. The Balaban J connectivity index is 2.13. The molecule has 0 radical (unpaired) electrons. The number of nitrogens with zero attached hydrogens (tertiary/aromatic N) is 2. The van der Waals surface area contributed by atoms with Crippen LogP contribution in [0.1, 0.15) is 16.0 Å². The Kier molecular flexibility index (Phi) is 4.79. The predicted octanol–water partition coefficient (Wildman–Crippen LogP) is 2.60. The normalized spacial score (nSPS) is 9.45. The van der Waals surface area contributed by atoms with Crippen LogP contribution in [0.2, 0.25) is 0 Å². The van der Waals surface area contributed by atoms with Crippen molar-refractivity contribution < 1.29 is 5.11 Å². The Bertz CT molecular complexity index is 671. The van der Waals surface area contributed by atoms with Crippen LogP contribution < -0.4 is 4.90 Å². The van der Waals surface area contributed by atoms with Crippen molar-refractivity contribution in [2.24, 2.45) is 0 Å². The number of rotatable bonds is 3. The highest BCUT2D eigenvalue weighted by atomic mass is 32.1. The van der Waals surface area contributed by atoms with Gasteiger partial charge in [0, 0.05) is 23.2 Å². The summed E-state index contributed by atoms with van der Waals surface area (Å²) in [5.41, 5.74) is 2.68. The van der Waals surface area contributed by atoms with Crippen molar-refractivity contribution in [3.05, 3.63) is 51.7 Å². The van der Waals surface area contributed by atoms with Gasteiger partial charge in [0.1, 0.15) is 6.61 Å². The summed E-state index contributed by atoms with van der Waals surface area (Å²) in [6.07, 6.45) is 0. The second-order valence-corrected chi connectivity index (χ2v) is 5.23. The standard InChI is InChI=1S/C16H14N2OS/c1-18(15-6-4-13(11-17)5-7-15)12-16-14(3-2-9-19)8-10-20-16/h4-8,10,19H,9,12H2,1H3. The van der Waals surface area contributed by atoms with Crippen LogP contribution in [0.15, 0.2) is 35.7 Å². The van der Waals surface area contributed by atoms with E-state index in [1.165, 1.54) is 0 Å². The van der Waals surface area contributed by atoms with E-state index < -0.39 is 0 Å². The minimum Gasteiger partial charge on any atom is -0.384 e. The molecule has 1 N–H and O–H groups in total. The molecular formula is C16H14N2OS. The van der Waals surface area contributed by atoms with Crippen LogP contribution in [0, 0.1) is 23.2 Å². The van der Waals surface area contributed by atoms with E-state index in [0.717, 1.165) is 22.7 Å². The van der Waals surface area contributed by atoms with Gasteiger partial charge in [0.15, 0.2) is 0 Å². The third-order valence-corrected chi connectivity index (χ3v) is 3.77. The molecule has 0 saturated heterocycles. The number of hydrogen-bond acceptors (Lipinski definition) is 4. The molecule has 1 aromatic heterocycles. The number of hydrogen-bond donors (Lipinski definition) is 1. The van der Waals surface area contributed by atoms with Crippen molar-refractivity contribution in [1.29, 1.82) is 5.26 Å². The molecule has 20 heavy (non-hydrogen) atoms. The minimum absolute atomic E-state index is 0.124. The number of aliphatic hydroxyl groups excluding tert-OH is 1. The first-order chi connectivity index (χ1) is 9.74. The summed E-state index contributed by atoms with van der Waals surface area (Å²) >= 11 is 1.65. The van der Waals surface area contributed by atoms with E-state index in [4.69, 9.17) is 10.4 Å². The van der Waals surface area contributed by atoms with E-state index >= 15 is 0 Å². The molecule has 2 rings (SSSR count). The van der Waals surface area contributed by atoms with Gasteiger partial charge in [-0.3, -0.25) is 0 Å². The van der Waals surface area contributed by atoms with Crippen molar-refractivity contribution in [2.45, 2.75) is 6.54 Å². The van der Waals surface area contributed by atoms with Gasteiger partial charge in [-0.15, -0.1) is 11.3 Å². The molecule has 0 unspecified atom stereocenters. The van der Waals surface area contributed by atoms with Crippen LogP contribution in [0.5, 0.6) is 0 Å². The smallest absolute Gasteiger partial charge is 0.104 e. The summed E-state index contributed by atoms with van der Waals surface area (Å²) in [6, 6.07) is 11.6. The van der Waals surface area contributed by atoms with Gasteiger partial charge >= 0.3 is 0 Å². The maximum atomic E-state index is 8.80. The van der Waals surface area contributed by atoms with Crippen molar-refractivity contribution in [3.8, 4) is 17.9 Å². The molecule has 100 valence electrons. The van der Waals surface area contributed by atoms with Crippen LogP contribution in [-0.2, 0) is 6.54 Å². The maximum absolute atomic E-state index is 8.80. The largest absolute Gasteiger partial charge is 0.384 e. The second kappa shape index (κ2) is 6.77. The molecule has 0 amide bonds. The van der Waals surface area contributed by atoms with Crippen LogP contribution in [0.3, 0.4) is 0 Å². The van der Waals surface area contributed by atoms with E-state index in [1.807, 2.05) is 42.8 Å². The molecule has 0 aliphatic rings. The fourth-order valence-electron chi connectivity index (χ4n) is 1.81. The van der Waals surface area contributed by atoms with Gasteiger partial charge in [-0.1, -0.05) is 11.8 Å². The molecule has 0 saturated carbocycles. The van der Waals surface area contributed by atoms with Crippen molar-refractivity contribution >= 4 is 17.0 Å². The van der Waals surface area contributed by atoms with Gasteiger partial charge in [0.25, 0.3) is 0 Å². The first-order valence-corrected chi connectivity index (χ1v) is 7.00. The minimum atomic E-state index is -0.124. The molecule has 3 nitrogen and oxygen atoms in total. The zero-order valence-corrected chi connectivity index (χ0v) is 11.9. The van der Waals surface area contributed by atoms with Gasteiger partial charge in [-0.2, -0.15) is 5.26 Å². The van der Waals surface area contributed by atoms with Gasteiger partial charge < -0.3 is 10.0 Å². The van der Waals surface area contributed by atoms with Crippen LogP contribution >= 0.6 is 11.3 Å². The van der Waals surface area contributed by atoms with Crippen LogP contribution in [0.25, 0.3) is 0 Å². The summed E-state index contributed by atoms with van der Waals surface area (Å²) in [6.45, 7) is 0.625. The van der Waals surface area contributed by atoms with E-state index in [1.54, 1.807) is 11.3 Å². The molecule has 0 spiro atoms. The van der Waals surface area contributed by atoms with E-state index in [0.29, 0.717) is 5.56 Å². The summed E-state index contributed by atoms with van der Waals surface area (Å²) in [7, 11) is 2.00. The lowest BCUT2D eigenvalue weighted by molar-refractivity contribution is 0.350. The summed E-state index contributed by atoms with van der Waals surface area (Å²) < 4.78 is 0. The van der Waals surface area contributed by atoms with Gasteiger partial charge in [0.2, 0.25) is 0 Å². The Labute approximate surface area is 122 Å². The lowest BCUT2D eigenvalue weighted by Crippen LogP contribution is -2.16. The number of aliphatic hydroxyl groups is 1. The lowest BCUT2D eigenvalue weighted by Gasteiger charge is -2.18. The maximum Gasteiger partial charge on any atom is 0.104 e. The second-order valence-electron chi connectivity index (χ2n) is 4.23. The average molecular weight is 282 g/mol. The summed E-state index contributed by atoms with van der Waals surface area (Å²) in [4.78, 5) is 3.27. The van der Waals surface area contributed by atoms with E-state index in [-0.39, 0.29) is 6.61 Å². The quantitative estimate of drug-likeness (QED) is 0.880. The molecule has 1 heterocycles. The van der Waals surface area contributed by atoms with Crippen LogP contribution in [-0.4, -0.2) is 18.8 Å². The van der Waals surface area contributed by atoms with Crippen molar-refractivity contribution in [2.75, 3.05) is 18.6 Å². The SMILES string of the molecule is CN(Cc1sccc1C#CCO)c1ccc(C#N)cc1. The Morgan fingerprint density at radius 3 is 2.65 bits per heavy atom. The molecule has 0 fully saturated rings. The number of nitriles is 1. The lowest BCUT2D eigenvalue weighted by atomic mass is 10.2. The fraction of sp³-hybridized carbons (Fsp3) is 0.188. The molecule has 0 atom stereocenters. The summed E-state index contributed by atoms with van der Waals surface area (Å²) in [5, 5.41) is 19.6. The first-order valence-electron chi connectivity index (χ1n) is 6.12. The monoisotopic (exact) mass is 282 g/mol. The number of anilines is 1. The Hall–Kier alpha value is -2.27. The number of benzene rings is 1. The molecule has 2 aromatic rings. The topological polar surface area (TPSA) is 47.3 Å². The molecule has 0 aliphatic heterocycles. The third kappa shape index (κ3) is 3.39. The van der Waals surface area contributed by atoms with E-state index in [2.05, 4.69) is 22.8 Å². The third-order valence-electron chi connectivity index (χ3n) is 2.87. The molecule has 1 aromatic carbocycles. The van der Waals surface area contributed by atoms with E-state index in [9.17, 15) is 0 Å². The van der Waals surface area contributed by atoms with Crippen molar-refractivity contribution in [1.82, 2.24) is 0 Å². The van der Waals surface area contributed by atoms with Gasteiger partial charge in [-0.25, -0.2) is 0 Å². The van der Waals surface area contributed by atoms with Crippen LogP contribution in [0.4, 0.5) is 5.69 Å². The molecular weight excluding hydrogens is 268 g/mol. The fourth-order valence-corrected chi connectivity index (χ4v) is 2.69. The van der Waals surface area contributed by atoms with Crippen molar-refractivity contribution in [3.63, 3.8) is 0 Å². The number of thiophene rings is 1. The Morgan fingerprint density at radius 2 is 2.00 bits per heavy atom. The summed E-state index contributed by atoms with van der Waals surface area (Å²) in [5.74, 6) is 5.64. The molecule has 4 heteroatoms. The first kappa shape index (κ1) is 14.1. The van der Waals surface area contributed by atoms with Gasteiger partial charge in [0.05, 0.1) is 18.2 Å². The molecule has 0 bridgehead atoms.